The maximum atomic E-state index is 14.3. The Hall–Kier alpha value is -3.62. The lowest BCUT2D eigenvalue weighted by molar-refractivity contribution is -0.282. The Morgan fingerprint density at radius 2 is 0.732 bits per heavy atom. The smallest absolute Gasteiger partial charge is 0.223 e. The minimum absolute atomic E-state index is 0. The van der Waals surface area contributed by atoms with Crippen molar-refractivity contribution in [3.63, 3.8) is 0 Å². The van der Waals surface area contributed by atoms with Crippen LogP contribution in [0.3, 0.4) is 0 Å². The fourth-order valence-electron chi connectivity index (χ4n) is 10.4. The van der Waals surface area contributed by atoms with Crippen LogP contribution in [0.5, 0.6) is 0 Å². The Labute approximate surface area is 584 Å². The van der Waals surface area contributed by atoms with Crippen molar-refractivity contribution in [2.24, 2.45) is 29.6 Å². The van der Waals surface area contributed by atoms with Gasteiger partial charge >= 0.3 is 0 Å². The lowest BCUT2D eigenvalue weighted by atomic mass is 9.91. The standard InChI is InChI=1S/C59H107N5O22.C4H10.C2H6.5CH4/c1-37-50(73)53(76)43(34-65)84-57(37)81-30-15-9-22-47(70)60-25-13-7-19-40(56(79)63-27-12-5-6-21-46(69)62-28-18-29-80-4)33-42(68)41(64-49(72)24-11-17-32-83-59-39(3)52(75)55(78)45(36-67)86-59)20-8-14-26-61-48(71)23-10-16-31-82-58-38(2)51(74)54(77)44(35-66)85-58;1-4(2)3;1-2;;;;;/h37-41,43-45,50-55,57-59,65-67,73-78H,5-36H2,1-4H3,(H,60,70)(H,61,71)(H,62,69)(H,63,79)(H,64,72);4H,1-3H3;1-2H3;5*1H4/t37?,38?,39?,40?,41?,43?,44?,45?,50-,51-,52-,53+,54+,55+,57-,58-,59-;;;;;;;/m1......./s1. The normalized spacial score (nSPS) is 25.5. The molecule has 5 amide bonds. The molecule has 3 aliphatic rings. The van der Waals surface area contributed by atoms with Crippen molar-refractivity contribution in [1.82, 2.24) is 26.6 Å². The highest BCUT2D eigenvalue weighted by Gasteiger charge is 2.45. The molecule has 0 radical (unpaired) electrons. The molecule has 8 unspecified atom stereocenters. The molecule has 27 nitrogen and oxygen atoms in total. The highest BCUT2D eigenvalue weighted by atomic mass is 16.7. The molecular weight excluding hydrogens is 1260 g/mol. The zero-order valence-electron chi connectivity index (χ0n) is 56.9. The van der Waals surface area contributed by atoms with E-state index in [2.05, 4.69) is 47.4 Å². The van der Waals surface area contributed by atoms with Crippen molar-refractivity contribution in [3.05, 3.63) is 0 Å². The second-order valence-electron chi connectivity index (χ2n) is 24.9. The molecule has 0 spiro atoms. The first kappa shape index (κ1) is 102. The van der Waals surface area contributed by atoms with Gasteiger partial charge in [-0.05, 0) is 95.8 Å². The summed E-state index contributed by atoms with van der Waals surface area (Å²) in [7, 11) is 1.60. The van der Waals surface area contributed by atoms with Gasteiger partial charge in [0.2, 0.25) is 29.5 Å². The molecule has 0 aliphatic carbocycles. The van der Waals surface area contributed by atoms with Crippen LogP contribution in [-0.2, 0) is 61.9 Å². The first-order valence-corrected chi connectivity index (χ1v) is 34.1. The van der Waals surface area contributed by atoms with Gasteiger partial charge in [-0.15, -0.1) is 0 Å². The Morgan fingerprint density at radius 1 is 0.412 bits per heavy atom. The van der Waals surface area contributed by atoms with E-state index in [1.807, 2.05) is 13.8 Å². The first-order valence-electron chi connectivity index (χ1n) is 34.1. The van der Waals surface area contributed by atoms with Gasteiger partial charge in [-0.25, -0.2) is 0 Å². The summed E-state index contributed by atoms with van der Waals surface area (Å²) in [5, 5.41) is 104. The quantitative estimate of drug-likeness (QED) is 0.0352. The topological polar surface area (TPSA) is 409 Å². The van der Waals surface area contributed by atoms with E-state index in [-0.39, 0.29) is 118 Å². The number of aliphatic hydroxyl groups excluding tert-OH is 9. The average molecular weight is 1410 g/mol. The number of Topliss-reactive ketones (excluding diaryl/α,β-unsaturated/α-hetero) is 1. The summed E-state index contributed by atoms with van der Waals surface area (Å²) < 4.78 is 39.2. The predicted octanol–water partition coefficient (Wildman–Crippen LogP) is 5.10. The van der Waals surface area contributed by atoms with Gasteiger partial charge in [-0.3, -0.25) is 28.8 Å². The van der Waals surface area contributed by atoms with Gasteiger partial charge in [0.25, 0.3) is 0 Å². The number of hydrogen-bond donors (Lipinski definition) is 14. The molecule has 14 N–H and O–H groups in total. The molecule has 17 atom stereocenters. The average Bonchev–Trinajstić information content (AvgIpc) is 0.883. The molecule has 3 fully saturated rings. The third kappa shape index (κ3) is 42.4. The van der Waals surface area contributed by atoms with Crippen molar-refractivity contribution in [2.75, 3.05) is 79.5 Å². The van der Waals surface area contributed by atoms with Gasteiger partial charge in [0.15, 0.2) is 24.7 Å². The van der Waals surface area contributed by atoms with Crippen LogP contribution in [-0.4, -0.2) is 241 Å². The third-order valence-electron chi connectivity index (χ3n) is 16.1. The summed E-state index contributed by atoms with van der Waals surface area (Å²) in [4.78, 5) is 79.5. The zero-order valence-corrected chi connectivity index (χ0v) is 56.9. The number of carbonyl (C=O) groups is 6. The lowest BCUT2D eigenvalue weighted by Gasteiger charge is -2.40. The van der Waals surface area contributed by atoms with Crippen molar-refractivity contribution >= 4 is 35.3 Å². The number of unbranched alkanes of at least 4 members (excludes halogenated alkanes) is 7. The van der Waals surface area contributed by atoms with Crippen molar-refractivity contribution in [1.29, 1.82) is 0 Å². The highest BCUT2D eigenvalue weighted by Crippen LogP contribution is 2.30. The van der Waals surface area contributed by atoms with E-state index in [1.54, 1.807) is 27.9 Å². The molecule has 0 bridgehead atoms. The van der Waals surface area contributed by atoms with Crippen LogP contribution in [0.2, 0.25) is 0 Å². The molecule has 3 rings (SSSR count). The molecule has 0 saturated carbocycles. The Bertz CT molecular complexity index is 1960. The van der Waals surface area contributed by atoms with Gasteiger partial charge in [0, 0.05) is 115 Å². The summed E-state index contributed by atoms with van der Waals surface area (Å²) in [6.07, 6.45) is -4.24. The molecule has 3 heterocycles. The number of amides is 5. The minimum Gasteiger partial charge on any atom is -0.394 e. The van der Waals surface area contributed by atoms with Crippen molar-refractivity contribution in [3.8, 4) is 0 Å². The Kier molecular flexibility index (Phi) is 64.2. The number of ether oxygens (including phenoxy) is 7. The Morgan fingerprint density at radius 3 is 1.09 bits per heavy atom. The summed E-state index contributed by atoms with van der Waals surface area (Å²) in [6, 6.07) is -0.960. The summed E-state index contributed by atoms with van der Waals surface area (Å²) in [6.45, 7) is 16.6. The van der Waals surface area contributed by atoms with Crippen LogP contribution >= 0.6 is 0 Å². The van der Waals surface area contributed by atoms with Gasteiger partial charge < -0.3 is 106 Å². The van der Waals surface area contributed by atoms with Crippen LogP contribution in [0.15, 0.2) is 0 Å². The van der Waals surface area contributed by atoms with E-state index >= 15 is 0 Å². The number of hydrogen-bond acceptors (Lipinski definition) is 22. The second kappa shape index (κ2) is 61.1. The fraction of sp³-hybridized carbons (Fsp3) is 0.914. The molecule has 0 aromatic carbocycles. The fourth-order valence-corrected chi connectivity index (χ4v) is 10.4. The summed E-state index contributed by atoms with van der Waals surface area (Å²) >= 11 is 0. The molecule has 97 heavy (non-hydrogen) atoms. The predicted molar refractivity (Wildman–Crippen MR) is 375 cm³/mol. The van der Waals surface area contributed by atoms with E-state index in [0.29, 0.717) is 136 Å². The number of carbonyl (C=O) groups excluding carboxylic acids is 6. The Balaban J connectivity index is -0.00000247. The monoisotopic (exact) mass is 1410 g/mol. The second-order valence-corrected chi connectivity index (χ2v) is 24.9. The lowest BCUT2D eigenvalue weighted by Crippen LogP contribution is -2.55. The summed E-state index contributed by atoms with van der Waals surface area (Å²) in [5.41, 5.74) is 0. The third-order valence-corrected chi connectivity index (χ3v) is 16.1. The molecule has 0 aromatic rings. The van der Waals surface area contributed by atoms with Crippen LogP contribution in [0.4, 0.5) is 0 Å². The minimum atomic E-state index is -1.27. The molecule has 27 heteroatoms. The number of ketones is 1. The maximum absolute atomic E-state index is 14.3. The molecule has 3 saturated heterocycles. The molecular formula is C70H143N5O22. The SMILES string of the molecule is C.C.C.C.C.CC.CC(C)C.COCCCNC(=O)CCCCCNC(=O)C(CCCCNC(=O)CCCCO[C@@H]1OC(CO)[C@H](O)[C@H](O)C1C)CC(=O)C(CCCCNC(=O)CCCCO[C@@H]1OC(CO)[C@H](O)[C@H](O)C1C)NC(=O)CCCCO[C@@H]1OC(CO)[C@H](O)[C@H](O)C1C. The number of aliphatic hydroxyl groups is 9. The molecule has 580 valence electrons. The van der Waals surface area contributed by atoms with Crippen molar-refractivity contribution in [2.45, 2.75) is 307 Å². The van der Waals surface area contributed by atoms with E-state index < -0.39 is 129 Å². The van der Waals surface area contributed by atoms with Gasteiger partial charge in [0.05, 0.1) is 44.2 Å². The van der Waals surface area contributed by atoms with E-state index in [9.17, 15) is 74.7 Å². The molecule has 3 aliphatic heterocycles. The van der Waals surface area contributed by atoms with Gasteiger partial charge in [0.1, 0.15) is 36.6 Å². The number of methoxy groups -OCH3 is 1. The van der Waals surface area contributed by atoms with Gasteiger partial charge in [-0.2, -0.15) is 0 Å². The highest BCUT2D eigenvalue weighted by molar-refractivity contribution is 5.92. The van der Waals surface area contributed by atoms with Crippen LogP contribution in [0.25, 0.3) is 0 Å². The van der Waals surface area contributed by atoms with E-state index in [4.69, 9.17) is 33.2 Å². The van der Waals surface area contributed by atoms with Gasteiger partial charge in [-0.1, -0.05) is 105 Å². The van der Waals surface area contributed by atoms with E-state index in [0.717, 1.165) is 5.92 Å². The molecule has 0 aromatic heterocycles. The van der Waals surface area contributed by atoms with Crippen LogP contribution in [0.1, 0.15) is 227 Å². The van der Waals surface area contributed by atoms with Crippen molar-refractivity contribution < 1.29 is 108 Å². The largest absolute Gasteiger partial charge is 0.394 e. The first-order chi connectivity index (χ1) is 44.0. The van der Waals surface area contributed by atoms with E-state index in [1.165, 1.54) is 0 Å². The number of rotatable bonds is 46. The number of nitrogens with one attached hydrogen (secondary N) is 5. The van der Waals surface area contributed by atoms with Crippen LogP contribution < -0.4 is 26.6 Å². The zero-order chi connectivity index (χ0) is 69.0. The maximum Gasteiger partial charge on any atom is 0.223 e. The summed E-state index contributed by atoms with van der Waals surface area (Å²) in [5.74, 6) is -3.10. The van der Waals surface area contributed by atoms with Crippen LogP contribution in [0, 0.1) is 29.6 Å².